The lowest BCUT2D eigenvalue weighted by atomic mass is 10.1. The van der Waals surface area contributed by atoms with Gasteiger partial charge in [-0.15, -0.1) is 0 Å². The van der Waals surface area contributed by atoms with Crippen molar-refractivity contribution in [2.45, 2.75) is 51.9 Å². The molecule has 2 aliphatic rings. The summed E-state index contributed by atoms with van der Waals surface area (Å²) >= 11 is 0. The largest absolute Gasteiger partial charge is 0.493 e. The molecule has 6 heteroatoms. The number of carbonyl (C=O) groups excluding carboxylic acids is 1. The number of nitrogens with zero attached hydrogens (tertiary/aromatic N) is 3. The van der Waals surface area contributed by atoms with Gasteiger partial charge in [-0.3, -0.25) is 4.79 Å². The molecule has 1 amide bonds. The first-order valence-corrected chi connectivity index (χ1v) is 12.4. The Balaban J connectivity index is 1.15. The number of likely N-dealkylation sites (tertiary alicyclic amines) is 1. The van der Waals surface area contributed by atoms with Crippen molar-refractivity contribution in [1.82, 2.24) is 14.9 Å². The SMILES string of the molecule is Cc1c(OCCCc2nc3ccc(CC(=O)N4CCCC4)cc3[nH]2)cccc1N1CCCC1. The van der Waals surface area contributed by atoms with Gasteiger partial charge in [0.2, 0.25) is 5.91 Å². The van der Waals surface area contributed by atoms with E-state index in [1.807, 2.05) is 17.0 Å². The van der Waals surface area contributed by atoms with E-state index in [9.17, 15) is 4.79 Å². The molecule has 2 saturated heterocycles. The maximum absolute atomic E-state index is 12.5. The number of nitrogens with one attached hydrogen (secondary N) is 1. The number of carbonyl (C=O) groups is 1. The topological polar surface area (TPSA) is 61.5 Å². The smallest absolute Gasteiger partial charge is 0.226 e. The van der Waals surface area contributed by atoms with Crippen LogP contribution in [0.2, 0.25) is 0 Å². The van der Waals surface area contributed by atoms with Gasteiger partial charge in [0, 0.05) is 43.9 Å². The Morgan fingerprint density at radius 3 is 2.67 bits per heavy atom. The number of fused-ring (bicyclic) bond motifs is 1. The lowest BCUT2D eigenvalue weighted by Gasteiger charge is -2.21. The van der Waals surface area contributed by atoms with Gasteiger partial charge in [-0.05, 0) is 68.9 Å². The number of rotatable bonds is 8. The van der Waals surface area contributed by atoms with Crippen LogP contribution in [0.1, 0.15) is 49.1 Å². The molecule has 2 aliphatic heterocycles. The van der Waals surface area contributed by atoms with Crippen molar-refractivity contribution in [2.75, 3.05) is 37.7 Å². The van der Waals surface area contributed by atoms with Crippen molar-refractivity contribution < 1.29 is 9.53 Å². The van der Waals surface area contributed by atoms with E-state index >= 15 is 0 Å². The van der Waals surface area contributed by atoms with Crippen LogP contribution in [0.5, 0.6) is 5.75 Å². The number of aryl methyl sites for hydroxylation is 1. The molecule has 1 N–H and O–H groups in total. The Bertz CT molecular complexity index is 1110. The second-order valence-electron chi connectivity index (χ2n) is 9.35. The molecule has 3 heterocycles. The molecule has 33 heavy (non-hydrogen) atoms. The van der Waals surface area contributed by atoms with Crippen molar-refractivity contribution in [1.29, 1.82) is 0 Å². The average Bonchev–Trinajstić information content (AvgIpc) is 3.59. The van der Waals surface area contributed by atoms with Crippen LogP contribution in [0.4, 0.5) is 5.69 Å². The van der Waals surface area contributed by atoms with E-state index in [0.29, 0.717) is 13.0 Å². The van der Waals surface area contributed by atoms with E-state index in [-0.39, 0.29) is 5.91 Å². The maximum Gasteiger partial charge on any atom is 0.226 e. The van der Waals surface area contributed by atoms with Crippen LogP contribution in [0.25, 0.3) is 11.0 Å². The third-order valence-corrected chi connectivity index (χ3v) is 6.93. The van der Waals surface area contributed by atoms with Crippen LogP contribution in [0, 0.1) is 6.92 Å². The van der Waals surface area contributed by atoms with Gasteiger partial charge >= 0.3 is 0 Å². The number of ether oxygens (including phenoxy) is 1. The standard InChI is InChI=1S/C27H34N4O2/c1-20-24(30-13-2-3-14-30)8-6-9-25(20)33-17-7-10-26-28-22-12-11-21(18-23(22)29-26)19-27(32)31-15-4-5-16-31/h6,8-9,11-12,18H,2-5,7,10,13-17,19H2,1H3,(H,28,29). The zero-order chi connectivity index (χ0) is 22.6. The molecule has 0 atom stereocenters. The molecule has 1 aromatic heterocycles. The number of amides is 1. The molecule has 174 valence electrons. The maximum atomic E-state index is 12.5. The monoisotopic (exact) mass is 446 g/mol. The van der Waals surface area contributed by atoms with Gasteiger partial charge in [0.15, 0.2) is 0 Å². The Morgan fingerprint density at radius 1 is 1.06 bits per heavy atom. The summed E-state index contributed by atoms with van der Waals surface area (Å²) in [7, 11) is 0. The molecular formula is C27H34N4O2. The van der Waals surface area contributed by atoms with Crippen molar-refractivity contribution in [3.8, 4) is 5.75 Å². The van der Waals surface area contributed by atoms with E-state index in [4.69, 9.17) is 9.72 Å². The Kier molecular flexibility index (Phi) is 6.51. The van der Waals surface area contributed by atoms with Gasteiger partial charge in [0.1, 0.15) is 11.6 Å². The zero-order valence-electron chi connectivity index (χ0n) is 19.6. The fraction of sp³-hybridized carbons (Fsp3) is 0.481. The van der Waals surface area contributed by atoms with Gasteiger partial charge in [0.05, 0.1) is 24.1 Å². The molecule has 0 spiro atoms. The highest BCUT2D eigenvalue weighted by Crippen LogP contribution is 2.30. The minimum absolute atomic E-state index is 0.229. The predicted molar refractivity (Wildman–Crippen MR) is 132 cm³/mol. The summed E-state index contributed by atoms with van der Waals surface area (Å²) in [5, 5.41) is 0. The minimum atomic E-state index is 0.229. The number of H-pyrrole nitrogens is 1. The fourth-order valence-electron chi connectivity index (χ4n) is 5.07. The van der Waals surface area contributed by atoms with Gasteiger partial charge < -0.3 is 19.5 Å². The van der Waals surface area contributed by atoms with Gasteiger partial charge in [0.25, 0.3) is 0 Å². The van der Waals surface area contributed by atoms with E-state index in [1.165, 1.54) is 24.1 Å². The number of hydrogen-bond donors (Lipinski definition) is 1. The van der Waals surface area contributed by atoms with Crippen molar-refractivity contribution in [3.63, 3.8) is 0 Å². The predicted octanol–water partition coefficient (Wildman–Crippen LogP) is 4.65. The molecule has 3 aromatic rings. The number of aromatic nitrogens is 2. The lowest BCUT2D eigenvalue weighted by molar-refractivity contribution is -0.129. The van der Waals surface area contributed by atoms with Gasteiger partial charge in [-0.2, -0.15) is 0 Å². The fourth-order valence-corrected chi connectivity index (χ4v) is 5.07. The summed E-state index contributed by atoms with van der Waals surface area (Å²) in [6.07, 6.45) is 7.00. The van der Waals surface area contributed by atoms with Crippen LogP contribution >= 0.6 is 0 Å². The third kappa shape index (κ3) is 5.00. The summed E-state index contributed by atoms with van der Waals surface area (Å²) in [6.45, 7) is 6.92. The Morgan fingerprint density at radius 2 is 1.85 bits per heavy atom. The summed E-state index contributed by atoms with van der Waals surface area (Å²) in [6, 6.07) is 12.5. The lowest BCUT2D eigenvalue weighted by Crippen LogP contribution is -2.29. The van der Waals surface area contributed by atoms with E-state index in [2.05, 4.69) is 41.1 Å². The quantitative estimate of drug-likeness (QED) is 0.512. The van der Waals surface area contributed by atoms with E-state index in [0.717, 1.165) is 80.0 Å². The first-order valence-electron chi connectivity index (χ1n) is 12.4. The molecule has 2 aromatic carbocycles. The first kappa shape index (κ1) is 21.8. The number of anilines is 1. The summed E-state index contributed by atoms with van der Waals surface area (Å²) in [5.74, 6) is 2.18. The third-order valence-electron chi connectivity index (χ3n) is 6.93. The molecule has 0 saturated carbocycles. The van der Waals surface area contributed by atoms with Crippen LogP contribution in [0.3, 0.4) is 0 Å². The van der Waals surface area contributed by atoms with Gasteiger partial charge in [-0.1, -0.05) is 12.1 Å². The zero-order valence-corrected chi connectivity index (χ0v) is 19.6. The average molecular weight is 447 g/mol. The number of aromatic amines is 1. The molecule has 6 nitrogen and oxygen atoms in total. The second kappa shape index (κ2) is 9.86. The molecule has 0 aliphatic carbocycles. The molecule has 2 fully saturated rings. The van der Waals surface area contributed by atoms with Crippen LogP contribution in [-0.2, 0) is 17.6 Å². The minimum Gasteiger partial charge on any atom is -0.493 e. The molecule has 0 unspecified atom stereocenters. The number of hydrogen-bond acceptors (Lipinski definition) is 4. The van der Waals surface area contributed by atoms with Crippen LogP contribution in [0.15, 0.2) is 36.4 Å². The van der Waals surface area contributed by atoms with Crippen LogP contribution < -0.4 is 9.64 Å². The Labute approximate surface area is 195 Å². The molecular weight excluding hydrogens is 412 g/mol. The van der Waals surface area contributed by atoms with Crippen molar-refractivity contribution >= 4 is 22.6 Å². The van der Waals surface area contributed by atoms with Gasteiger partial charge in [-0.25, -0.2) is 4.98 Å². The highest BCUT2D eigenvalue weighted by atomic mass is 16.5. The van der Waals surface area contributed by atoms with Crippen molar-refractivity contribution in [2.24, 2.45) is 0 Å². The van der Waals surface area contributed by atoms with Crippen LogP contribution in [-0.4, -0.2) is 53.6 Å². The first-order chi connectivity index (χ1) is 16.2. The highest BCUT2D eigenvalue weighted by molar-refractivity contribution is 5.82. The van der Waals surface area contributed by atoms with Crippen molar-refractivity contribution in [3.05, 3.63) is 53.3 Å². The molecule has 0 bridgehead atoms. The summed E-state index contributed by atoms with van der Waals surface area (Å²) in [4.78, 5) is 25.1. The van der Waals surface area contributed by atoms with E-state index < -0.39 is 0 Å². The molecule has 0 radical (unpaired) electrons. The number of imidazole rings is 1. The number of benzene rings is 2. The normalized spacial score (nSPS) is 16.2. The van der Waals surface area contributed by atoms with E-state index in [1.54, 1.807) is 0 Å². The Hall–Kier alpha value is -3.02. The summed E-state index contributed by atoms with van der Waals surface area (Å²) < 4.78 is 6.13. The second-order valence-corrected chi connectivity index (χ2v) is 9.35. The molecule has 5 rings (SSSR count). The highest BCUT2D eigenvalue weighted by Gasteiger charge is 2.18. The summed E-state index contributed by atoms with van der Waals surface area (Å²) in [5.41, 5.74) is 5.55.